The fourth-order valence-corrected chi connectivity index (χ4v) is 2.43. The zero-order valence-electron chi connectivity index (χ0n) is 11.2. The van der Waals surface area contributed by atoms with Gasteiger partial charge in [0.1, 0.15) is 0 Å². The van der Waals surface area contributed by atoms with Gasteiger partial charge in [-0.25, -0.2) is 0 Å². The lowest BCUT2D eigenvalue weighted by atomic mass is 10.1. The Labute approximate surface area is 114 Å². The zero-order valence-corrected chi connectivity index (χ0v) is 12.0. The summed E-state index contributed by atoms with van der Waals surface area (Å²) in [5.74, 6) is 5.59. The number of aryl methyl sites for hydroxylation is 1. The Hall–Kier alpha value is -1.55. The highest BCUT2D eigenvalue weighted by molar-refractivity contribution is 7.90. The van der Waals surface area contributed by atoms with E-state index in [1.807, 2.05) is 26.0 Å². The third-order valence-electron chi connectivity index (χ3n) is 2.29. The summed E-state index contributed by atoms with van der Waals surface area (Å²) < 4.78 is 28.5. The highest BCUT2D eigenvalue weighted by Gasteiger charge is 2.10. The van der Waals surface area contributed by atoms with Crippen LogP contribution in [-0.2, 0) is 10.2 Å². The second-order valence-electron chi connectivity index (χ2n) is 4.05. The number of nitrogens with two attached hydrogens (primary N) is 1. The number of anilines is 1. The van der Waals surface area contributed by atoms with Crippen molar-refractivity contribution in [3.8, 4) is 11.8 Å². The minimum absolute atomic E-state index is 0.230. The molecule has 0 aliphatic rings. The van der Waals surface area contributed by atoms with Gasteiger partial charge >= 0.3 is 0 Å². The second-order valence-corrected chi connectivity index (χ2v) is 5.55. The lowest BCUT2D eigenvalue weighted by molar-refractivity contribution is 0.586. The first-order chi connectivity index (χ1) is 8.98. The number of nitrogens with one attached hydrogen (secondary N) is 2. The molecule has 1 aromatic rings. The Bertz CT molecular complexity index is 586. The molecule has 0 aliphatic heterocycles. The van der Waals surface area contributed by atoms with E-state index in [0.29, 0.717) is 17.8 Å². The molecule has 1 rings (SSSR count). The van der Waals surface area contributed by atoms with Crippen molar-refractivity contribution in [1.82, 2.24) is 4.72 Å². The molecule has 0 saturated heterocycles. The van der Waals surface area contributed by atoms with Crippen molar-refractivity contribution in [2.45, 2.75) is 20.3 Å². The van der Waals surface area contributed by atoms with Crippen molar-refractivity contribution >= 4 is 15.9 Å². The largest absolute Gasteiger partial charge is 0.320 e. The summed E-state index contributed by atoms with van der Waals surface area (Å²) in [5, 5.41) is 0. The van der Waals surface area contributed by atoms with Crippen LogP contribution in [0, 0.1) is 18.8 Å². The van der Waals surface area contributed by atoms with E-state index in [0.717, 1.165) is 12.0 Å². The smallest absolute Gasteiger partial charge is 0.299 e. The quantitative estimate of drug-likeness (QED) is 0.703. The molecule has 4 N–H and O–H groups in total. The Morgan fingerprint density at radius 2 is 2.11 bits per heavy atom. The SMILES string of the molecule is CCCNS(=O)(=O)Nc1ccc(C)cc1C#CCN. The molecule has 0 bridgehead atoms. The fraction of sp³-hybridized carbons (Fsp3) is 0.385. The van der Waals surface area contributed by atoms with Crippen molar-refractivity contribution in [2.75, 3.05) is 17.8 Å². The van der Waals surface area contributed by atoms with Crippen molar-refractivity contribution in [3.63, 3.8) is 0 Å². The third-order valence-corrected chi connectivity index (χ3v) is 3.36. The number of rotatable bonds is 5. The summed E-state index contributed by atoms with van der Waals surface area (Å²) in [4.78, 5) is 0. The van der Waals surface area contributed by atoms with Gasteiger partial charge in [-0.2, -0.15) is 13.1 Å². The first-order valence-electron chi connectivity index (χ1n) is 6.05. The van der Waals surface area contributed by atoms with Gasteiger partial charge in [-0.05, 0) is 31.0 Å². The second kappa shape index (κ2) is 7.14. The van der Waals surface area contributed by atoms with Crippen LogP contribution >= 0.6 is 0 Å². The molecule has 0 spiro atoms. The van der Waals surface area contributed by atoms with Crippen LogP contribution < -0.4 is 15.2 Å². The van der Waals surface area contributed by atoms with E-state index in [1.165, 1.54) is 0 Å². The van der Waals surface area contributed by atoms with Gasteiger partial charge in [0.05, 0.1) is 12.2 Å². The minimum Gasteiger partial charge on any atom is -0.320 e. The molecule has 1 aromatic carbocycles. The molecule has 104 valence electrons. The molecule has 0 unspecified atom stereocenters. The Kier molecular flexibility index (Phi) is 5.83. The molecule has 0 radical (unpaired) electrons. The zero-order chi connectivity index (χ0) is 14.3. The Morgan fingerprint density at radius 3 is 2.74 bits per heavy atom. The number of benzene rings is 1. The molecular formula is C13H19N3O2S. The predicted octanol–water partition coefficient (Wildman–Crippen LogP) is 0.962. The predicted molar refractivity (Wildman–Crippen MR) is 77.9 cm³/mol. The Morgan fingerprint density at radius 1 is 1.37 bits per heavy atom. The maximum absolute atomic E-state index is 11.8. The van der Waals surface area contributed by atoms with E-state index < -0.39 is 10.2 Å². The first-order valence-corrected chi connectivity index (χ1v) is 7.54. The topological polar surface area (TPSA) is 84.2 Å². The summed E-state index contributed by atoms with van der Waals surface area (Å²) >= 11 is 0. The van der Waals surface area contributed by atoms with Crippen LogP contribution in [0.3, 0.4) is 0 Å². The van der Waals surface area contributed by atoms with Crippen molar-refractivity contribution < 1.29 is 8.42 Å². The van der Waals surface area contributed by atoms with Gasteiger partial charge in [0, 0.05) is 12.1 Å². The molecule has 0 aliphatic carbocycles. The molecule has 0 saturated carbocycles. The summed E-state index contributed by atoms with van der Waals surface area (Å²) in [7, 11) is -3.56. The van der Waals surface area contributed by atoms with E-state index in [4.69, 9.17) is 5.73 Å². The number of hydrogen-bond donors (Lipinski definition) is 3. The summed E-state index contributed by atoms with van der Waals surface area (Å²) in [6, 6.07) is 5.34. The molecule has 0 amide bonds. The van der Waals surface area contributed by atoms with Gasteiger partial charge in [-0.3, -0.25) is 4.72 Å². The minimum atomic E-state index is -3.56. The summed E-state index contributed by atoms with van der Waals surface area (Å²) in [6.07, 6.45) is 0.731. The van der Waals surface area contributed by atoms with E-state index in [-0.39, 0.29) is 6.54 Å². The highest BCUT2D eigenvalue weighted by atomic mass is 32.2. The lowest BCUT2D eigenvalue weighted by Crippen LogP contribution is -2.30. The average Bonchev–Trinajstić information content (AvgIpc) is 2.36. The molecule has 0 heterocycles. The fourth-order valence-electron chi connectivity index (χ4n) is 1.41. The third kappa shape index (κ3) is 5.30. The van der Waals surface area contributed by atoms with Crippen molar-refractivity contribution in [3.05, 3.63) is 29.3 Å². The van der Waals surface area contributed by atoms with E-state index >= 15 is 0 Å². The summed E-state index contributed by atoms with van der Waals surface area (Å²) in [5.41, 5.74) is 7.41. The molecule has 0 fully saturated rings. The normalized spacial score (nSPS) is 10.7. The van der Waals surface area contributed by atoms with Crippen LogP contribution in [0.15, 0.2) is 18.2 Å². The van der Waals surface area contributed by atoms with Crippen LogP contribution in [-0.4, -0.2) is 21.5 Å². The molecule has 19 heavy (non-hydrogen) atoms. The molecule has 0 aromatic heterocycles. The summed E-state index contributed by atoms with van der Waals surface area (Å²) in [6.45, 7) is 4.44. The van der Waals surface area contributed by atoms with Crippen molar-refractivity contribution in [2.24, 2.45) is 5.73 Å². The van der Waals surface area contributed by atoms with Crippen LogP contribution in [0.1, 0.15) is 24.5 Å². The molecular weight excluding hydrogens is 262 g/mol. The van der Waals surface area contributed by atoms with Crippen LogP contribution in [0.4, 0.5) is 5.69 Å². The van der Waals surface area contributed by atoms with E-state index in [1.54, 1.807) is 6.07 Å². The van der Waals surface area contributed by atoms with Crippen LogP contribution in [0.25, 0.3) is 0 Å². The first kappa shape index (κ1) is 15.5. The monoisotopic (exact) mass is 281 g/mol. The van der Waals surface area contributed by atoms with E-state index in [9.17, 15) is 8.42 Å². The van der Waals surface area contributed by atoms with E-state index in [2.05, 4.69) is 21.3 Å². The Balaban J connectivity index is 3.00. The van der Waals surface area contributed by atoms with Crippen LogP contribution in [0.2, 0.25) is 0 Å². The molecule has 6 heteroatoms. The highest BCUT2D eigenvalue weighted by Crippen LogP contribution is 2.17. The van der Waals surface area contributed by atoms with Gasteiger partial charge < -0.3 is 5.73 Å². The van der Waals surface area contributed by atoms with Gasteiger partial charge in [0.25, 0.3) is 10.2 Å². The van der Waals surface area contributed by atoms with Crippen LogP contribution in [0.5, 0.6) is 0 Å². The number of hydrogen-bond acceptors (Lipinski definition) is 3. The standard InChI is InChI=1S/C13H19N3O2S/c1-3-9-15-19(17,18)16-13-7-6-11(2)10-12(13)5-4-8-14/h6-7,10,15-16H,3,8-9,14H2,1-2H3. The van der Waals surface area contributed by atoms with Gasteiger partial charge in [0.15, 0.2) is 0 Å². The average molecular weight is 281 g/mol. The molecule has 0 atom stereocenters. The maximum Gasteiger partial charge on any atom is 0.299 e. The van der Waals surface area contributed by atoms with Gasteiger partial charge in [0.2, 0.25) is 0 Å². The van der Waals surface area contributed by atoms with Crippen molar-refractivity contribution in [1.29, 1.82) is 0 Å². The maximum atomic E-state index is 11.8. The molecule has 5 nitrogen and oxygen atoms in total. The van der Waals surface area contributed by atoms with Gasteiger partial charge in [-0.15, -0.1) is 0 Å². The van der Waals surface area contributed by atoms with Gasteiger partial charge in [-0.1, -0.05) is 24.8 Å². The lowest BCUT2D eigenvalue weighted by Gasteiger charge is -2.11.